The summed E-state index contributed by atoms with van der Waals surface area (Å²) in [6.07, 6.45) is 3.77. The third-order valence-corrected chi connectivity index (χ3v) is 6.54. The largest absolute Gasteiger partial charge is 0.497 e. The lowest BCUT2D eigenvalue weighted by Gasteiger charge is -2.49. The number of nitrogens with one attached hydrogen (secondary N) is 1. The molecule has 5 rings (SSSR count). The predicted molar refractivity (Wildman–Crippen MR) is 101 cm³/mol. The Morgan fingerprint density at radius 3 is 3.08 bits per heavy atom. The maximum absolute atomic E-state index is 12.3. The van der Waals surface area contributed by atoms with Crippen LogP contribution in [0.5, 0.6) is 0 Å². The first kappa shape index (κ1) is 15.9. The molecular formula is C21H26N2O3. The highest BCUT2D eigenvalue weighted by atomic mass is 16.5. The monoisotopic (exact) mass is 354 g/mol. The molecule has 1 fully saturated rings. The van der Waals surface area contributed by atoms with Crippen LogP contribution in [0, 0.1) is 11.8 Å². The Morgan fingerprint density at radius 1 is 1.38 bits per heavy atom. The third kappa shape index (κ3) is 2.23. The van der Waals surface area contributed by atoms with Gasteiger partial charge in [0.15, 0.2) is 0 Å². The van der Waals surface area contributed by atoms with Crippen molar-refractivity contribution in [1.29, 1.82) is 0 Å². The second-order valence-electron chi connectivity index (χ2n) is 7.74. The van der Waals surface area contributed by atoms with Gasteiger partial charge in [-0.25, -0.2) is 4.79 Å². The number of hydrogen-bond acceptors (Lipinski definition) is 4. The summed E-state index contributed by atoms with van der Waals surface area (Å²) in [7, 11) is 1.45. The Bertz CT molecular complexity index is 906. The molecule has 0 spiro atoms. The highest BCUT2D eigenvalue weighted by Crippen LogP contribution is 2.47. The van der Waals surface area contributed by atoms with Crippen LogP contribution >= 0.6 is 0 Å². The summed E-state index contributed by atoms with van der Waals surface area (Å²) >= 11 is 0. The van der Waals surface area contributed by atoms with Gasteiger partial charge in [0.05, 0.1) is 31.1 Å². The number of esters is 1. The molecule has 3 aliphatic rings. The first-order valence-corrected chi connectivity index (χ1v) is 9.44. The molecule has 0 aliphatic carbocycles. The molecule has 4 heterocycles. The zero-order valence-corrected chi connectivity index (χ0v) is 15.2. The smallest absolute Gasteiger partial charge is 0.337 e. The second-order valence-corrected chi connectivity index (χ2v) is 7.74. The van der Waals surface area contributed by atoms with E-state index in [-0.39, 0.29) is 19.4 Å². The van der Waals surface area contributed by atoms with Crippen molar-refractivity contribution in [3.05, 3.63) is 47.4 Å². The molecule has 138 valence electrons. The normalized spacial score (nSPS) is 30.6. The molecule has 1 saturated heterocycles. The van der Waals surface area contributed by atoms with Crippen molar-refractivity contribution in [2.24, 2.45) is 11.8 Å². The van der Waals surface area contributed by atoms with Gasteiger partial charge in [-0.05, 0) is 31.4 Å². The molecule has 5 nitrogen and oxygen atoms in total. The molecular weight excluding hydrogens is 328 g/mol. The van der Waals surface area contributed by atoms with Gasteiger partial charge in [0.1, 0.15) is 0 Å². The van der Waals surface area contributed by atoms with Gasteiger partial charge in [-0.15, -0.1) is 0 Å². The summed E-state index contributed by atoms with van der Waals surface area (Å²) in [6, 6.07) is 8.88. The molecule has 0 radical (unpaired) electrons. The Labute approximate surface area is 154 Å². The maximum Gasteiger partial charge on any atom is 0.337 e. The fraction of sp³-hybridized carbons (Fsp3) is 0.476. The number of nitrogens with zero attached hydrogens (tertiary/aromatic N) is 1. The van der Waals surface area contributed by atoms with Gasteiger partial charge in [0.25, 0.3) is 0 Å². The molecule has 0 saturated carbocycles. The zero-order chi connectivity index (χ0) is 17.8. The maximum atomic E-state index is 12.3. The number of carbonyl (C=O) groups excluding carboxylic acids is 1. The van der Waals surface area contributed by atoms with E-state index in [0.29, 0.717) is 17.5 Å². The van der Waals surface area contributed by atoms with Crippen molar-refractivity contribution in [3.63, 3.8) is 0 Å². The second kappa shape index (κ2) is 5.88. The average molecular weight is 354 g/mol. The van der Waals surface area contributed by atoms with Gasteiger partial charge in [-0.2, -0.15) is 0 Å². The Hall–Kier alpha value is -2.27. The van der Waals surface area contributed by atoms with Crippen molar-refractivity contribution in [3.8, 4) is 0 Å². The van der Waals surface area contributed by atoms with Crippen molar-refractivity contribution >= 4 is 16.9 Å². The van der Waals surface area contributed by atoms with Crippen molar-refractivity contribution in [2.75, 3.05) is 20.2 Å². The van der Waals surface area contributed by atoms with Crippen LogP contribution < -0.4 is 0 Å². The van der Waals surface area contributed by atoms with Crippen molar-refractivity contribution in [2.45, 2.75) is 31.9 Å². The highest BCUT2D eigenvalue weighted by molar-refractivity contribution is 5.89. The summed E-state index contributed by atoms with van der Waals surface area (Å²) in [5.41, 5.74) is 4.69. The zero-order valence-electron chi connectivity index (χ0n) is 15.2. The number of aromatic amines is 1. The van der Waals surface area contributed by atoms with E-state index in [9.17, 15) is 4.79 Å². The number of rotatable bonds is 1. The van der Waals surface area contributed by atoms with Crippen LogP contribution in [-0.4, -0.2) is 42.2 Å². The number of H-pyrrole nitrogens is 1. The highest BCUT2D eigenvalue weighted by Gasteiger charge is 2.46. The summed E-state index contributed by atoms with van der Waals surface area (Å²) < 4.78 is 10.8. The van der Waals surface area contributed by atoms with Gasteiger partial charge in [0, 0.05) is 42.9 Å². The van der Waals surface area contributed by atoms with Crippen LogP contribution in [0.3, 0.4) is 0 Å². The molecule has 26 heavy (non-hydrogen) atoms. The van der Waals surface area contributed by atoms with E-state index in [2.05, 4.69) is 41.1 Å². The van der Waals surface area contributed by atoms with Crippen LogP contribution in [-0.2, 0) is 20.7 Å². The lowest BCUT2D eigenvalue weighted by Crippen LogP contribution is -2.51. The molecule has 2 aromatic rings. The van der Waals surface area contributed by atoms with E-state index in [4.69, 9.17) is 9.47 Å². The lowest BCUT2D eigenvalue weighted by molar-refractivity contribution is -0.139. The molecule has 1 N–H and O–H groups in total. The molecule has 1 aromatic heterocycles. The minimum absolute atomic E-state index is 0. The summed E-state index contributed by atoms with van der Waals surface area (Å²) in [5, 5.41) is 1.34. The molecule has 1 aromatic carbocycles. The van der Waals surface area contributed by atoms with E-state index in [1.54, 1.807) is 6.26 Å². The fourth-order valence-electron chi connectivity index (χ4n) is 5.19. The van der Waals surface area contributed by atoms with E-state index in [0.717, 1.165) is 25.9 Å². The van der Waals surface area contributed by atoms with Gasteiger partial charge < -0.3 is 14.5 Å². The van der Waals surface area contributed by atoms with Crippen LogP contribution in [0.1, 0.15) is 32.1 Å². The molecule has 0 amide bonds. The Balaban J connectivity index is 0.00000180. The fourth-order valence-corrected chi connectivity index (χ4v) is 5.19. The van der Waals surface area contributed by atoms with Gasteiger partial charge >= 0.3 is 5.97 Å². The number of ether oxygens (including phenoxy) is 2. The lowest BCUT2D eigenvalue weighted by atomic mass is 9.72. The number of methoxy groups -OCH3 is 1. The number of carbonyl (C=O) groups is 1. The summed E-state index contributed by atoms with van der Waals surface area (Å²) in [6.45, 7) is 4.13. The Morgan fingerprint density at radius 2 is 2.23 bits per heavy atom. The van der Waals surface area contributed by atoms with E-state index in [1.165, 1.54) is 29.3 Å². The first-order valence-electron chi connectivity index (χ1n) is 9.44. The molecule has 1 unspecified atom stereocenters. The molecule has 4 atom stereocenters. The topological polar surface area (TPSA) is 54.6 Å². The number of hydrogen-bond donors (Lipinski definition) is 1. The Kier molecular flexibility index (Phi) is 3.60. The van der Waals surface area contributed by atoms with Crippen LogP contribution in [0.15, 0.2) is 36.1 Å². The van der Waals surface area contributed by atoms with Gasteiger partial charge in [-0.1, -0.05) is 18.2 Å². The molecule has 0 bridgehead atoms. The number of aromatic nitrogens is 1. The first-order chi connectivity index (χ1) is 12.7. The van der Waals surface area contributed by atoms with Gasteiger partial charge in [0.2, 0.25) is 0 Å². The van der Waals surface area contributed by atoms with E-state index >= 15 is 0 Å². The SMILES string of the molecule is COC(=O)C1=CO[C@H](C)[C@H]2CN3CCc4c([nH]c5ccccc45)C3C[C@@H]12.[HH]. The van der Waals surface area contributed by atoms with Crippen molar-refractivity contribution in [1.82, 2.24) is 9.88 Å². The molecule has 3 aliphatic heterocycles. The molecule has 5 heteroatoms. The summed E-state index contributed by atoms with van der Waals surface area (Å²) in [4.78, 5) is 18.5. The quantitative estimate of drug-likeness (QED) is 0.797. The number of benzene rings is 1. The minimum Gasteiger partial charge on any atom is -0.497 e. The standard InChI is InChI=1S/C21H24N2O3.H2/c1-12-16-10-23-8-7-14-13-5-3-4-6-18(13)22-20(14)19(23)9-15(16)17(11-26-12)21(24)25-2;/h3-6,11-12,15-16,19,22H,7-10H2,1-2H3;1H/t12-,15-,16-,19?;/m1./s1. The number of piperidine rings is 1. The predicted octanol–water partition coefficient (Wildman–Crippen LogP) is 3.42. The van der Waals surface area contributed by atoms with Crippen LogP contribution in [0.4, 0.5) is 0 Å². The number of fused-ring (bicyclic) bond motifs is 6. The van der Waals surface area contributed by atoms with Crippen LogP contribution in [0.25, 0.3) is 10.9 Å². The van der Waals surface area contributed by atoms with Gasteiger partial charge in [-0.3, -0.25) is 4.90 Å². The van der Waals surface area contributed by atoms with Crippen LogP contribution in [0.2, 0.25) is 0 Å². The van der Waals surface area contributed by atoms with E-state index < -0.39 is 0 Å². The summed E-state index contributed by atoms with van der Waals surface area (Å²) in [5.74, 6) is 0.258. The third-order valence-electron chi connectivity index (χ3n) is 6.54. The van der Waals surface area contributed by atoms with E-state index in [1.807, 2.05) is 0 Å². The average Bonchev–Trinajstić information content (AvgIpc) is 3.06. The van der Waals surface area contributed by atoms with Crippen molar-refractivity contribution < 1.29 is 15.7 Å². The minimum atomic E-state index is -0.256. The number of para-hydroxylation sites is 1.